The highest BCUT2D eigenvalue weighted by Gasteiger charge is 2.31. The Morgan fingerprint density at radius 1 is 1.30 bits per heavy atom. The van der Waals surface area contributed by atoms with E-state index in [1.165, 1.54) is 0 Å². The molecule has 0 bridgehead atoms. The lowest BCUT2D eigenvalue weighted by Crippen LogP contribution is -2.41. The SMILES string of the molecule is CC1C[C@@H](O)C(C)[C@H](O)O1. The van der Waals surface area contributed by atoms with Crippen molar-refractivity contribution in [2.24, 2.45) is 5.92 Å². The van der Waals surface area contributed by atoms with Gasteiger partial charge in [0.1, 0.15) is 0 Å². The minimum Gasteiger partial charge on any atom is -0.393 e. The van der Waals surface area contributed by atoms with Gasteiger partial charge >= 0.3 is 0 Å². The van der Waals surface area contributed by atoms with Gasteiger partial charge in [-0.3, -0.25) is 0 Å². The molecule has 0 saturated carbocycles. The first-order chi connectivity index (χ1) is 4.61. The zero-order valence-corrected chi connectivity index (χ0v) is 6.32. The van der Waals surface area contributed by atoms with E-state index in [0.717, 1.165) is 0 Å². The number of rotatable bonds is 0. The zero-order chi connectivity index (χ0) is 7.72. The van der Waals surface area contributed by atoms with Crippen LogP contribution in [0.1, 0.15) is 20.3 Å². The van der Waals surface area contributed by atoms with Crippen LogP contribution in [0.15, 0.2) is 0 Å². The second kappa shape index (κ2) is 2.86. The highest BCUT2D eigenvalue weighted by Crippen LogP contribution is 2.22. The third-order valence-electron chi connectivity index (χ3n) is 2.00. The molecule has 0 radical (unpaired) electrons. The molecule has 0 aromatic heterocycles. The van der Waals surface area contributed by atoms with Crippen molar-refractivity contribution in [3.05, 3.63) is 0 Å². The standard InChI is InChI=1S/C7H14O3/c1-4-3-6(8)5(2)7(9)10-4/h4-9H,3H2,1-2H3/t4?,5?,6-,7-/m1/s1. The predicted molar refractivity (Wildman–Crippen MR) is 36.3 cm³/mol. The minimum absolute atomic E-state index is 0.0267. The van der Waals surface area contributed by atoms with Crippen LogP contribution in [-0.4, -0.2) is 28.7 Å². The first-order valence-electron chi connectivity index (χ1n) is 3.63. The Kier molecular flexibility index (Phi) is 2.28. The highest BCUT2D eigenvalue weighted by atomic mass is 16.6. The average Bonchev–Trinajstić information content (AvgIpc) is 1.82. The average molecular weight is 146 g/mol. The second-order valence-corrected chi connectivity index (χ2v) is 3.00. The van der Waals surface area contributed by atoms with Crippen LogP contribution in [-0.2, 0) is 4.74 Å². The minimum atomic E-state index is -0.793. The van der Waals surface area contributed by atoms with Crippen molar-refractivity contribution in [3.8, 4) is 0 Å². The summed E-state index contributed by atoms with van der Waals surface area (Å²) in [5, 5.41) is 18.4. The molecular formula is C7H14O3. The van der Waals surface area contributed by atoms with E-state index in [1.807, 2.05) is 6.92 Å². The molecule has 1 saturated heterocycles. The quantitative estimate of drug-likeness (QED) is 0.510. The van der Waals surface area contributed by atoms with E-state index >= 15 is 0 Å². The first kappa shape index (κ1) is 7.98. The van der Waals surface area contributed by atoms with Gasteiger partial charge in [0.15, 0.2) is 6.29 Å². The Bertz CT molecular complexity index is 103. The molecule has 0 aromatic rings. The lowest BCUT2D eigenvalue weighted by Gasteiger charge is -2.33. The summed E-state index contributed by atoms with van der Waals surface area (Å²) < 4.78 is 5.06. The van der Waals surface area contributed by atoms with Crippen LogP contribution in [0, 0.1) is 5.92 Å². The fraction of sp³-hybridized carbons (Fsp3) is 1.00. The van der Waals surface area contributed by atoms with Crippen LogP contribution < -0.4 is 0 Å². The summed E-state index contributed by atoms with van der Waals surface area (Å²) in [5.74, 6) is -0.156. The Morgan fingerprint density at radius 2 is 1.90 bits per heavy atom. The fourth-order valence-electron chi connectivity index (χ4n) is 1.16. The van der Waals surface area contributed by atoms with Crippen molar-refractivity contribution in [3.63, 3.8) is 0 Å². The highest BCUT2D eigenvalue weighted by molar-refractivity contribution is 4.75. The van der Waals surface area contributed by atoms with Gasteiger partial charge in [-0.15, -0.1) is 0 Å². The van der Waals surface area contributed by atoms with Crippen molar-refractivity contribution in [1.29, 1.82) is 0 Å². The number of ether oxygens (including phenoxy) is 1. The van der Waals surface area contributed by atoms with Gasteiger partial charge in [-0.1, -0.05) is 6.92 Å². The van der Waals surface area contributed by atoms with Crippen molar-refractivity contribution in [2.45, 2.75) is 38.8 Å². The van der Waals surface area contributed by atoms with E-state index < -0.39 is 12.4 Å². The largest absolute Gasteiger partial charge is 0.393 e. The second-order valence-electron chi connectivity index (χ2n) is 3.00. The summed E-state index contributed by atoms with van der Waals surface area (Å²) in [6.07, 6.45) is -0.614. The van der Waals surface area contributed by atoms with Crippen molar-refractivity contribution >= 4 is 0 Å². The summed E-state index contributed by atoms with van der Waals surface area (Å²) in [4.78, 5) is 0. The van der Waals surface area contributed by atoms with Crippen LogP contribution in [0.2, 0.25) is 0 Å². The monoisotopic (exact) mass is 146 g/mol. The lowest BCUT2D eigenvalue weighted by atomic mass is 9.96. The Balaban J connectivity index is 2.49. The van der Waals surface area contributed by atoms with Crippen LogP contribution in [0.4, 0.5) is 0 Å². The first-order valence-corrected chi connectivity index (χ1v) is 3.63. The third kappa shape index (κ3) is 1.48. The van der Waals surface area contributed by atoms with Gasteiger partial charge in [0.05, 0.1) is 12.2 Å². The molecule has 3 heteroatoms. The van der Waals surface area contributed by atoms with Gasteiger partial charge in [0, 0.05) is 5.92 Å². The molecule has 1 fully saturated rings. The fourth-order valence-corrected chi connectivity index (χ4v) is 1.16. The zero-order valence-electron chi connectivity index (χ0n) is 6.32. The van der Waals surface area contributed by atoms with E-state index in [2.05, 4.69) is 0 Å². The molecule has 1 rings (SSSR count). The molecule has 2 unspecified atom stereocenters. The van der Waals surface area contributed by atoms with E-state index in [-0.39, 0.29) is 12.0 Å². The molecular weight excluding hydrogens is 132 g/mol. The molecule has 2 N–H and O–H groups in total. The molecule has 3 nitrogen and oxygen atoms in total. The molecule has 60 valence electrons. The summed E-state index contributed by atoms with van der Waals surface area (Å²) in [5.41, 5.74) is 0. The van der Waals surface area contributed by atoms with E-state index in [1.54, 1.807) is 6.92 Å². The van der Waals surface area contributed by atoms with Crippen LogP contribution in [0.3, 0.4) is 0 Å². The van der Waals surface area contributed by atoms with Gasteiger partial charge in [0.25, 0.3) is 0 Å². The predicted octanol–water partition coefficient (Wildman–Crippen LogP) is 0.111. The number of hydrogen-bond donors (Lipinski definition) is 2. The van der Waals surface area contributed by atoms with E-state index in [0.29, 0.717) is 6.42 Å². The topological polar surface area (TPSA) is 49.7 Å². The molecule has 4 atom stereocenters. The summed E-state index contributed by atoms with van der Waals surface area (Å²) in [6.45, 7) is 3.62. The maximum atomic E-state index is 9.28. The summed E-state index contributed by atoms with van der Waals surface area (Å²) >= 11 is 0. The lowest BCUT2D eigenvalue weighted by molar-refractivity contribution is -0.215. The molecule has 0 spiro atoms. The summed E-state index contributed by atoms with van der Waals surface area (Å²) in [7, 11) is 0. The van der Waals surface area contributed by atoms with Crippen molar-refractivity contribution in [2.75, 3.05) is 0 Å². The third-order valence-corrected chi connectivity index (χ3v) is 2.00. The maximum Gasteiger partial charge on any atom is 0.159 e. The van der Waals surface area contributed by atoms with Crippen LogP contribution in [0.25, 0.3) is 0 Å². The molecule has 0 amide bonds. The number of hydrogen-bond acceptors (Lipinski definition) is 3. The van der Waals surface area contributed by atoms with Gasteiger partial charge in [-0.05, 0) is 13.3 Å². The van der Waals surface area contributed by atoms with Gasteiger partial charge in [-0.2, -0.15) is 0 Å². The van der Waals surface area contributed by atoms with Crippen LogP contribution >= 0.6 is 0 Å². The van der Waals surface area contributed by atoms with Gasteiger partial charge in [-0.25, -0.2) is 0 Å². The van der Waals surface area contributed by atoms with Crippen LogP contribution in [0.5, 0.6) is 0 Å². The Morgan fingerprint density at radius 3 is 2.40 bits per heavy atom. The molecule has 1 aliphatic rings. The number of aliphatic hydroxyl groups excluding tert-OH is 2. The molecule has 0 aromatic carbocycles. The van der Waals surface area contributed by atoms with E-state index in [4.69, 9.17) is 9.84 Å². The molecule has 1 aliphatic heterocycles. The van der Waals surface area contributed by atoms with Crippen molar-refractivity contribution in [1.82, 2.24) is 0 Å². The normalized spacial score (nSPS) is 49.2. The molecule has 1 heterocycles. The molecule has 10 heavy (non-hydrogen) atoms. The van der Waals surface area contributed by atoms with Gasteiger partial charge in [0.2, 0.25) is 0 Å². The molecule has 0 aliphatic carbocycles. The van der Waals surface area contributed by atoms with Crippen molar-refractivity contribution < 1.29 is 14.9 Å². The number of aliphatic hydroxyl groups is 2. The summed E-state index contributed by atoms with van der Waals surface area (Å²) in [6, 6.07) is 0. The smallest absolute Gasteiger partial charge is 0.159 e. The van der Waals surface area contributed by atoms with E-state index in [9.17, 15) is 5.11 Å². The maximum absolute atomic E-state index is 9.28. The Hall–Kier alpha value is -0.120. The Labute approximate surface area is 60.6 Å². The van der Waals surface area contributed by atoms with Gasteiger partial charge < -0.3 is 14.9 Å².